The van der Waals surface area contributed by atoms with Gasteiger partial charge in [0.1, 0.15) is 11.0 Å². The molecule has 1 saturated heterocycles. The Kier molecular flexibility index (Phi) is 5.62. The number of rotatable bonds is 4. The summed E-state index contributed by atoms with van der Waals surface area (Å²) in [5.41, 5.74) is 1.70. The zero-order valence-electron chi connectivity index (χ0n) is 13.9. The highest BCUT2D eigenvalue weighted by molar-refractivity contribution is 7.95. The number of morpholine rings is 1. The molecule has 2 aromatic carbocycles. The van der Waals surface area contributed by atoms with E-state index in [-0.39, 0.29) is 9.80 Å². The maximum Gasteiger partial charge on any atom is 0.216 e. The van der Waals surface area contributed by atoms with Gasteiger partial charge in [-0.15, -0.1) is 0 Å². The van der Waals surface area contributed by atoms with Crippen LogP contribution in [0.3, 0.4) is 0 Å². The van der Waals surface area contributed by atoms with Crippen LogP contribution in [0.5, 0.6) is 0 Å². The Morgan fingerprint density at radius 1 is 1.08 bits per heavy atom. The topological polar surface area (TPSA) is 70.4 Å². The summed E-state index contributed by atoms with van der Waals surface area (Å²) in [5.74, 6) is 0. The number of anilines is 1. The third kappa shape index (κ3) is 4.07. The normalized spacial score (nSPS) is 15.5. The molecule has 1 fully saturated rings. The molecule has 0 bridgehead atoms. The molecule has 0 unspecified atom stereocenters. The van der Waals surface area contributed by atoms with Gasteiger partial charge in [0.15, 0.2) is 0 Å². The number of ether oxygens (including phenoxy) is 1. The fourth-order valence-electron chi connectivity index (χ4n) is 2.66. The molecule has 0 saturated carbocycles. The SMILES string of the molecule is N#C/C(=C\c1ccc(N2CCOCC2)cc1)S(=O)(=O)c1ccc(Cl)cc1. The van der Waals surface area contributed by atoms with E-state index in [1.165, 1.54) is 30.3 Å². The van der Waals surface area contributed by atoms with E-state index in [0.29, 0.717) is 23.8 Å². The Balaban J connectivity index is 1.86. The van der Waals surface area contributed by atoms with Gasteiger partial charge in [0.05, 0.1) is 18.1 Å². The molecule has 2 aromatic rings. The number of benzene rings is 2. The van der Waals surface area contributed by atoms with Crippen molar-refractivity contribution in [3.63, 3.8) is 0 Å². The fourth-order valence-corrected chi connectivity index (χ4v) is 3.95. The maximum atomic E-state index is 12.6. The van der Waals surface area contributed by atoms with Gasteiger partial charge in [-0.05, 0) is 48.0 Å². The summed E-state index contributed by atoms with van der Waals surface area (Å²) in [4.78, 5) is 1.94. The van der Waals surface area contributed by atoms with E-state index in [1.54, 1.807) is 18.2 Å². The first-order valence-corrected chi connectivity index (χ1v) is 9.92. The minimum Gasteiger partial charge on any atom is -0.378 e. The van der Waals surface area contributed by atoms with Crippen LogP contribution in [0.4, 0.5) is 5.69 Å². The number of hydrogen-bond acceptors (Lipinski definition) is 5. The summed E-state index contributed by atoms with van der Waals surface area (Å²) in [5, 5.41) is 9.79. The molecule has 134 valence electrons. The first-order chi connectivity index (χ1) is 12.5. The van der Waals surface area contributed by atoms with Crippen LogP contribution in [-0.4, -0.2) is 34.7 Å². The van der Waals surface area contributed by atoms with Gasteiger partial charge >= 0.3 is 0 Å². The van der Waals surface area contributed by atoms with Crippen LogP contribution in [0, 0.1) is 11.3 Å². The minimum atomic E-state index is -3.88. The van der Waals surface area contributed by atoms with Crippen LogP contribution in [0.15, 0.2) is 58.3 Å². The Morgan fingerprint density at radius 2 is 1.69 bits per heavy atom. The second-order valence-electron chi connectivity index (χ2n) is 5.77. The van der Waals surface area contributed by atoms with Gasteiger partial charge in [-0.25, -0.2) is 8.42 Å². The van der Waals surface area contributed by atoms with Gasteiger partial charge in [0.25, 0.3) is 0 Å². The Hall–Kier alpha value is -2.33. The van der Waals surface area contributed by atoms with E-state index >= 15 is 0 Å². The van der Waals surface area contributed by atoms with Crippen molar-refractivity contribution < 1.29 is 13.2 Å². The lowest BCUT2D eigenvalue weighted by Crippen LogP contribution is -2.36. The van der Waals surface area contributed by atoms with Crippen LogP contribution < -0.4 is 4.90 Å². The van der Waals surface area contributed by atoms with E-state index < -0.39 is 9.84 Å². The monoisotopic (exact) mass is 388 g/mol. The molecule has 0 spiro atoms. The molecule has 7 heteroatoms. The minimum absolute atomic E-state index is 0.0413. The third-order valence-electron chi connectivity index (χ3n) is 4.09. The molecule has 26 heavy (non-hydrogen) atoms. The van der Waals surface area contributed by atoms with Gasteiger partial charge in [-0.2, -0.15) is 5.26 Å². The second kappa shape index (κ2) is 7.92. The highest BCUT2D eigenvalue weighted by Gasteiger charge is 2.20. The molecule has 0 atom stereocenters. The summed E-state index contributed by atoms with van der Waals surface area (Å²) >= 11 is 5.80. The quantitative estimate of drug-likeness (QED) is 0.749. The lowest BCUT2D eigenvalue weighted by atomic mass is 10.2. The molecule has 0 N–H and O–H groups in total. The van der Waals surface area contributed by atoms with Crippen molar-refractivity contribution in [2.75, 3.05) is 31.2 Å². The van der Waals surface area contributed by atoms with E-state index in [4.69, 9.17) is 16.3 Å². The van der Waals surface area contributed by atoms with Crippen molar-refractivity contribution in [3.8, 4) is 6.07 Å². The lowest BCUT2D eigenvalue weighted by molar-refractivity contribution is 0.122. The zero-order valence-corrected chi connectivity index (χ0v) is 15.5. The molecule has 3 rings (SSSR count). The Bertz CT molecular complexity index is 940. The number of nitriles is 1. The molecule has 0 aliphatic carbocycles. The molecule has 1 aliphatic rings. The highest BCUT2D eigenvalue weighted by atomic mass is 35.5. The van der Waals surface area contributed by atoms with E-state index in [1.807, 2.05) is 12.1 Å². The summed E-state index contributed by atoms with van der Waals surface area (Å²) in [6.45, 7) is 3.03. The molecule has 0 radical (unpaired) electrons. The van der Waals surface area contributed by atoms with Crippen molar-refractivity contribution in [1.82, 2.24) is 0 Å². The predicted molar refractivity (Wildman–Crippen MR) is 102 cm³/mol. The van der Waals surface area contributed by atoms with E-state index in [9.17, 15) is 13.7 Å². The standard InChI is InChI=1S/C19H17ClN2O3S/c20-16-3-7-18(8-4-16)26(23,24)19(14-21)13-15-1-5-17(6-2-15)22-9-11-25-12-10-22/h1-8,13H,9-12H2/b19-13+. The molecule has 0 amide bonds. The maximum absolute atomic E-state index is 12.6. The van der Waals surface area contributed by atoms with Crippen LogP contribution in [-0.2, 0) is 14.6 Å². The van der Waals surface area contributed by atoms with Crippen molar-refractivity contribution in [2.24, 2.45) is 0 Å². The fraction of sp³-hybridized carbons (Fsp3) is 0.211. The Labute approximate surface area is 158 Å². The predicted octanol–water partition coefficient (Wildman–Crippen LogP) is 3.51. The molecule has 5 nitrogen and oxygen atoms in total. The lowest BCUT2D eigenvalue weighted by Gasteiger charge is -2.28. The van der Waals surface area contributed by atoms with Crippen molar-refractivity contribution >= 4 is 33.2 Å². The van der Waals surface area contributed by atoms with Gasteiger partial charge in [-0.1, -0.05) is 23.7 Å². The first-order valence-electron chi connectivity index (χ1n) is 8.06. The van der Waals surface area contributed by atoms with Gasteiger partial charge in [-0.3, -0.25) is 0 Å². The molecule has 0 aromatic heterocycles. The summed E-state index contributed by atoms with van der Waals surface area (Å²) in [7, 11) is -3.88. The van der Waals surface area contributed by atoms with Crippen LogP contribution in [0.1, 0.15) is 5.56 Å². The van der Waals surface area contributed by atoms with Gasteiger partial charge < -0.3 is 9.64 Å². The largest absolute Gasteiger partial charge is 0.378 e. The third-order valence-corrected chi connectivity index (χ3v) is 6.02. The van der Waals surface area contributed by atoms with Gasteiger partial charge in [0, 0.05) is 23.8 Å². The number of allylic oxidation sites excluding steroid dienone is 1. The molecule has 1 aliphatic heterocycles. The van der Waals surface area contributed by atoms with E-state index in [2.05, 4.69) is 4.90 Å². The first kappa shape index (κ1) is 18.5. The number of halogens is 1. The average Bonchev–Trinajstić information content (AvgIpc) is 2.67. The Morgan fingerprint density at radius 3 is 2.27 bits per heavy atom. The van der Waals surface area contributed by atoms with Crippen molar-refractivity contribution in [2.45, 2.75) is 4.90 Å². The number of hydrogen-bond donors (Lipinski definition) is 0. The number of sulfone groups is 1. The average molecular weight is 389 g/mol. The van der Waals surface area contributed by atoms with Crippen LogP contribution in [0.2, 0.25) is 5.02 Å². The van der Waals surface area contributed by atoms with Gasteiger partial charge in [0.2, 0.25) is 9.84 Å². The van der Waals surface area contributed by atoms with Crippen molar-refractivity contribution in [1.29, 1.82) is 5.26 Å². The van der Waals surface area contributed by atoms with Crippen molar-refractivity contribution in [3.05, 3.63) is 64.0 Å². The highest BCUT2D eigenvalue weighted by Crippen LogP contribution is 2.24. The molecule has 1 heterocycles. The summed E-state index contributed by atoms with van der Waals surface area (Å²) < 4.78 is 30.6. The van der Waals surface area contributed by atoms with E-state index in [0.717, 1.165) is 18.8 Å². The number of nitrogens with zero attached hydrogens (tertiary/aromatic N) is 2. The summed E-state index contributed by atoms with van der Waals surface area (Å²) in [6, 6.07) is 15.0. The van der Waals surface area contributed by atoms with Crippen LogP contribution >= 0.6 is 11.6 Å². The molecular formula is C19H17ClN2O3S. The molecular weight excluding hydrogens is 372 g/mol. The second-order valence-corrected chi connectivity index (χ2v) is 8.12. The zero-order chi connectivity index (χ0) is 18.6. The van der Waals surface area contributed by atoms with Crippen LogP contribution in [0.25, 0.3) is 6.08 Å². The smallest absolute Gasteiger partial charge is 0.216 e. The summed E-state index contributed by atoms with van der Waals surface area (Å²) in [6.07, 6.45) is 1.38.